The number of methoxy groups -OCH3 is 1. The summed E-state index contributed by atoms with van der Waals surface area (Å²) in [6, 6.07) is 3.33. The van der Waals surface area contributed by atoms with Crippen LogP contribution in [0.3, 0.4) is 0 Å². The van der Waals surface area contributed by atoms with Crippen molar-refractivity contribution in [3.63, 3.8) is 0 Å². The molecule has 2 atom stereocenters. The van der Waals surface area contributed by atoms with Gasteiger partial charge in [0.15, 0.2) is 11.5 Å². The fourth-order valence-electron chi connectivity index (χ4n) is 1.61. The highest BCUT2D eigenvalue weighted by Gasteiger charge is 2.24. The number of hydrogen-bond donors (Lipinski definition) is 4. The minimum Gasteiger partial charge on any atom is -0.493 e. The van der Waals surface area contributed by atoms with Crippen LogP contribution in [0.4, 0.5) is 0 Å². The summed E-state index contributed by atoms with van der Waals surface area (Å²) in [5.74, 6) is 0.368. The second-order valence-corrected chi connectivity index (χ2v) is 6.04. The predicted octanol–water partition coefficient (Wildman–Crippen LogP) is 0.944. The largest absolute Gasteiger partial charge is 0.493 e. The normalized spacial score (nSPS) is 13.8. The van der Waals surface area contributed by atoms with E-state index in [1.807, 2.05) is 6.92 Å². The fourth-order valence-corrected chi connectivity index (χ4v) is 2.67. The maximum absolute atomic E-state index is 11.9. The summed E-state index contributed by atoms with van der Waals surface area (Å²) in [6.45, 7) is 2.24. The molecule has 1 rings (SSSR count). The maximum Gasteiger partial charge on any atom is 0.456 e. The highest BCUT2D eigenvalue weighted by molar-refractivity contribution is 7.51. The van der Waals surface area contributed by atoms with Crippen molar-refractivity contribution in [2.24, 2.45) is 0 Å². The molecule has 0 saturated heterocycles. The highest BCUT2D eigenvalue weighted by Crippen LogP contribution is 2.44. The van der Waals surface area contributed by atoms with Gasteiger partial charge in [-0.1, -0.05) is 9.39 Å². The molecule has 2 unspecified atom stereocenters. The molecule has 114 valence electrons. The molecule has 0 radical (unpaired) electrons. The van der Waals surface area contributed by atoms with Gasteiger partial charge in [-0.2, -0.15) is 0 Å². The van der Waals surface area contributed by atoms with E-state index in [-0.39, 0.29) is 18.9 Å². The van der Waals surface area contributed by atoms with Crippen molar-refractivity contribution in [1.29, 1.82) is 0 Å². The molecule has 20 heavy (non-hydrogen) atoms. The van der Waals surface area contributed by atoms with Gasteiger partial charge in [0.1, 0.15) is 0 Å². The number of aryl methyl sites for hydroxylation is 1. The van der Waals surface area contributed by atoms with Crippen LogP contribution < -0.4 is 19.4 Å². The Morgan fingerprint density at radius 3 is 2.65 bits per heavy atom. The molecule has 0 aliphatic heterocycles. The van der Waals surface area contributed by atoms with Gasteiger partial charge in [0.25, 0.3) is 0 Å². The van der Waals surface area contributed by atoms with Crippen LogP contribution >= 0.6 is 17.1 Å². The maximum atomic E-state index is 11.9. The van der Waals surface area contributed by atoms with Crippen LogP contribution in [-0.2, 0) is 11.2 Å². The third kappa shape index (κ3) is 5.02. The Bertz CT molecular complexity index is 473. The molecule has 0 aliphatic carbocycles. The lowest BCUT2D eigenvalue weighted by Gasteiger charge is -2.19. The van der Waals surface area contributed by atoms with E-state index in [1.165, 1.54) is 7.11 Å². The first kappa shape index (κ1) is 17.4. The summed E-state index contributed by atoms with van der Waals surface area (Å²) < 4.78 is 22.2. The Labute approximate surface area is 120 Å². The van der Waals surface area contributed by atoms with Crippen molar-refractivity contribution in [3.05, 3.63) is 23.3 Å². The first-order valence-electron chi connectivity index (χ1n) is 5.93. The van der Waals surface area contributed by atoms with Crippen molar-refractivity contribution in [1.82, 2.24) is 10.2 Å². The van der Waals surface area contributed by atoms with Crippen molar-refractivity contribution in [2.45, 2.75) is 13.5 Å². The lowest BCUT2D eigenvalue weighted by atomic mass is 10.1. The fraction of sp³-hybridized carbons (Fsp3) is 0.455. The molecule has 0 saturated carbocycles. The molecule has 0 aromatic heterocycles. The summed E-state index contributed by atoms with van der Waals surface area (Å²) in [5, 5.41) is 14.5. The third-order valence-electron chi connectivity index (χ3n) is 2.46. The molecule has 0 spiro atoms. The zero-order chi connectivity index (χ0) is 15.2. The quantitative estimate of drug-likeness (QED) is 0.417. The third-order valence-corrected chi connectivity index (χ3v) is 3.80. The monoisotopic (exact) mass is 322 g/mol. The molecular weight excluding hydrogens is 302 g/mol. The summed E-state index contributed by atoms with van der Waals surface area (Å²) in [6.07, 6.45) is 0. The zero-order valence-electron chi connectivity index (χ0n) is 11.4. The smallest absolute Gasteiger partial charge is 0.456 e. The zero-order valence-corrected chi connectivity index (χ0v) is 13.5. The van der Waals surface area contributed by atoms with Gasteiger partial charge in [-0.3, -0.25) is 5.09 Å². The molecule has 9 heteroatoms. The topological polar surface area (TPSA) is 100 Å². The summed E-state index contributed by atoms with van der Waals surface area (Å²) in [5.41, 5.74) is 1.24. The number of hydrogen-bond acceptors (Lipinski definition) is 5. The van der Waals surface area contributed by atoms with Crippen molar-refractivity contribution < 1.29 is 23.8 Å². The van der Waals surface area contributed by atoms with E-state index in [1.54, 1.807) is 12.1 Å². The van der Waals surface area contributed by atoms with Gasteiger partial charge in [-0.15, -0.1) is 0 Å². The number of aliphatic hydroxyl groups excluding tert-OH is 1. The molecule has 0 amide bonds. The number of ether oxygens (including phenoxy) is 1. The Morgan fingerprint density at radius 1 is 1.40 bits per heavy atom. The lowest BCUT2D eigenvalue weighted by Crippen LogP contribution is -2.22. The lowest BCUT2D eigenvalue weighted by molar-refractivity contribution is 0.273. The van der Waals surface area contributed by atoms with E-state index in [2.05, 4.69) is 19.6 Å². The van der Waals surface area contributed by atoms with Crippen LogP contribution in [0, 0.1) is 6.92 Å². The Morgan fingerprint density at radius 2 is 2.10 bits per heavy atom. The van der Waals surface area contributed by atoms with E-state index in [9.17, 15) is 14.6 Å². The van der Waals surface area contributed by atoms with Gasteiger partial charge in [-0.25, -0.2) is 9.65 Å². The minimum atomic E-state index is -4.03. The van der Waals surface area contributed by atoms with Crippen molar-refractivity contribution in [2.75, 3.05) is 20.2 Å². The van der Waals surface area contributed by atoms with Crippen LogP contribution in [0.15, 0.2) is 12.1 Å². The number of rotatable bonds is 8. The summed E-state index contributed by atoms with van der Waals surface area (Å²) in [7, 11) is -0.314. The standard InChI is InChI=1S/C11H20N2O5P2/c1-8-5-9(7-14)11(10(6-8)17-2)18-20(15,16)13-4-3-12-19/h5-6,12,14H,3-4,7,19H2,1-2H3,(H2,13,15,16). The molecule has 0 fully saturated rings. The first-order chi connectivity index (χ1) is 9.43. The van der Waals surface area contributed by atoms with Crippen LogP contribution in [0.25, 0.3) is 0 Å². The molecule has 0 heterocycles. The second kappa shape index (κ2) is 7.93. The molecule has 1 aromatic carbocycles. The van der Waals surface area contributed by atoms with Crippen LogP contribution in [0.1, 0.15) is 11.1 Å². The van der Waals surface area contributed by atoms with Crippen LogP contribution in [-0.4, -0.2) is 30.2 Å². The Balaban J connectivity index is 2.98. The minimum absolute atomic E-state index is 0.0674. The molecule has 1 aromatic rings. The SMILES string of the molecule is COc1cc(C)cc(CO)c1OP(=O)(O)NCCNP. The van der Waals surface area contributed by atoms with Gasteiger partial charge in [-0.05, 0) is 24.6 Å². The van der Waals surface area contributed by atoms with Crippen molar-refractivity contribution >= 4 is 17.1 Å². The highest BCUT2D eigenvalue weighted by atomic mass is 31.2. The van der Waals surface area contributed by atoms with Gasteiger partial charge >= 0.3 is 7.75 Å². The number of nitrogens with one attached hydrogen (secondary N) is 2. The number of aliphatic hydroxyl groups is 1. The van der Waals surface area contributed by atoms with Crippen LogP contribution in [0.2, 0.25) is 0 Å². The number of benzene rings is 1. The van der Waals surface area contributed by atoms with Gasteiger partial charge < -0.3 is 19.3 Å². The van der Waals surface area contributed by atoms with Gasteiger partial charge in [0, 0.05) is 18.7 Å². The van der Waals surface area contributed by atoms with E-state index >= 15 is 0 Å². The summed E-state index contributed by atoms with van der Waals surface area (Å²) in [4.78, 5) is 9.75. The Hall–Kier alpha value is -0.680. The average molecular weight is 322 g/mol. The first-order valence-corrected chi connectivity index (χ1v) is 8.08. The molecule has 4 N–H and O–H groups in total. The van der Waals surface area contributed by atoms with Gasteiger partial charge in [0.05, 0.1) is 13.7 Å². The molecule has 0 bridgehead atoms. The van der Waals surface area contributed by atoms with E-state index in [0.29, 0.717) is 17.9 Å². The Kier molecular flexibility index (Phi) is 6.89. The average Bonchev–Trinajstić information content (AvgIpc) is 2.40. The van der Waals surface area contributed by atoms with Gasteiger partial charge in [0.2, 0.25) is 0 Å². The van der Waals surface area contributed by atoms with E-state index in [4.69, 9.17) is 9.26 Å². The second-order valence-electron chi connectivity index (χ2n) is 4.09. The van der Waals surface area contributed by atoms with E-state index in [0.717, 1.165) is 5.56 Å². The van der Waals surface area contributed by atoms with Crippen molar-refractivity contribution in [3.8, 4) is 11.5 Å². The molecule has 7 nitrogen and oxygen atoms in total. The molecular formula is C11H20N2O5P2. The summed E-state index contributed by atoms with van der Waals surface area (Å²) >= 11 is 0. The van der Waals surface area contributed by atoms with Crippen LogP contribution in [0.5, 0.6) is 11.5 Å². The van der Waals surface area contributed by atoms with E-state index < -0.39 is 7.75 Å². The predicted molar refractivity (Wildman–Crippen MR) is 79.8 cm³/mol. The molecule has 0 aliphatic rings.